The quantitative estimate of drug-likeness (QED) is 0.563. The van der Waals surface area contributed by atoms with E-state index in [9.17, 15) is 13.6 Å². The molecule has 0 saturated heterocycles. The Labute approximate surface area is 60.8 Å². The van der Waals surface area contributed by atoms with Crippen molar-refractivity contribution in [3.63, 3.8) is 0 Å². The number of hydrogen-bond donors (Lipinski definition) is 0. The van der Waals surface area contributed by atoms with Gasteiger partial charge in [-0.2, -0.15) is 0 Å². The third kappa shape index (κ3) is 1.11. The Morgan fingerprint density at radius 3 is 2.50 bits per heavy atom. The van der Waals surface area contributed by atoms with E-state index >= 15 is 0 Å². The Balaban J connectivity index is 2.65. The van der Waals surface area contributed by atoms with Crippen LogP contribution in [0.5, 0.6) is 0 Å². The summed E-state index contributed by atoms with van der Waals surface area (Å²) in [6.07, 6.45) is -0.803. The van der Waals surface area contributed by atoms with E-state index in [0.29, 0.717) is 0 Å². The molecule has 0 bridgehead atoms. The van der Waals surface area contributed by atoms with E-state index in [1.165, 1.54) is 0 Å². The van der Waals surface area contributed by atoms with Crippen molar-refractivity contribution in [2.24, 2.45) is 0 Å². The highest BCUT2D eigenvalue weighted by Crippen LogP contribution is 2.17. The van der Waals surface area contributed by atoms with Gasteiger partial charge >= 0.3 is 0 Å². The Morgan fingerprint density at radius 2 is 2.30 bits per heavy atom. The molecule has 1 heterocycles. The Hall–Kier alpha value is -0.640. The minimum Gasteiger partial charge on any atom is -0.290 e. The molecule has 0 fully saturated rings. The molecule has 0 N–H and O–H groups in total. The zero-order valence-corrected chi connectivity index (χ0v) is 5.40. The van der Waals surface area contributed by atoms with Crippen molar-refractivity contribution in [3.8, 4) is 0 Å². The number of alkyl halides is 2. The molecule has 2 nitrogen and oxygen atoms in total. The van der Waals surface area contributed by atoms with Crippen molar-refractivity contribution in [3.05, 3.63) is 11.2 Å². The minimum atomic E-state index is -2.78. The standard InChI is InChI=1S/C5H2ClF2NO/c6-2-1-9-3(4(2)10)5(7)8/h3,5H. The molecule has 2 radical (unpaired) electrons. The fraction of sp³-hybridized carbons (Fsp3) is 0.400. The molecule has 0 saturated carbocycles. The summed E-state index contributed by atoms with van der Waals surface area (Å²) in [6, 6.07) is -1.62. The monoisotopic (exact) mass is 165 g/mol. The van der Waals surface area contributed by atoms with Gasteiger partial charge in [0.1, 0.15) is 11.2 Å². The van der Waals surface area contributed by atoms with Crippen LogP contribution < -0.4 is 5.32 Å². The summed E-state index contributed by atoms with van der Waals surface area (Å²) in [5.74, 6) is -0.850. The van der Waals surface area contributed by atoms with Gasteiger partial charge in [0.2, 0.25) is 5.78 Å². The fourth-order valence-corrected chi connectivity index (χ4v) is 0.701. The second-order valence-electron chi connectivity index (χ2n) is 1.70. The summed E-state index contributed by atoms with van der Waals surface area (Å²) < 4.78 is 23.5. The third-order valence-electron chi connectivity index (χ3n) is 1.03. The van der Waals surface area contributed by atoms with Crippen molar-refractivity contribution in [1.29, 1.82) is 0 Å². The van der Waals surface area contributed by atoms with Crippen molar-refractivity contribution in [2.45, 2.75) is 12.5 Å². The Kier molecular flexibility index (Phi) is 1.89. The van der Waals surface area contributed by atoms with Gasteiger partial charge in [-0.3, -0.25) is 10.1 Å². The third-order valence-corrected chi connectivity index (χ3v) is 1.30. The van der Waals surface area contributed by atoms with Crippen LogP contribution in [-0.2, 0) is 4.79 Å². The fourth-order valence-electron chi connectivity index (χ4n) is 0.541. The van der Waals surface area contributed by atoms with Gasteiger partial charge in [0.05, 0.1) is 0 Å². The molecular weight excluding hydrogens is 164 g/mol. The second-order valence-corrected chi connectivity index (χ2v) is 2.08. The predicted molar refractivity (Wildman–Crippen MR) is 29.5 cm³/mol. The van der Waals surface area contributed by atoms with Crippen LogP contribution in [0.2, 0.25) is 0 Å². The largest absolute Gasteiger partial charge is 0.290 e. The number of Topliss-reactive ketones (excluding diaryl/α,β-unsaturated/α-hetero) is 1. The highest BCUT2D eigenvalue weighted by Gasteiger charge is 2.35. The second kappa shape index (κ2) is 2.54. The Bertz CT molecular complexity index is 192. The SMILES string of the molecule is O=C1C(Cl)=[C][N]C1C(F)F. The number of hydrogen-bond acceptors (Lipinski definition) is 1. The molecule has 10 heavy (non-hydrogen) atoms. The maximum Gasteiger partial charge on any atom is 0.268 e. The van der Waals surface area contributed by atoms with Gasteiger partial charge in [-0.15, -0.1) is 0 Å². The van der Waals surface area contributed by atoms with Crippen LogP contribution in [0, 0.1) is 6.20 Å². The molecule has 5 heteroatoms. The summed E-state index contributed by atoms with van der Waals surface area (Å²) in [5, 5.41) is 2.74. The number of rotatable bonds is 1. The van der Waals surface area contributed by atoms with Gasteiger partial charge in [-0.25, -0.2) is 8.78 Å². The van der Waals surface area contributed by atoms with Gasteiger partial charge in [0, 0.05) is 0 Å². The maximum absolute atomic E-state index is 11.7. The number of halogens is 3. The number of carbonyl (C=O) groups excluding carboxylic acids is 1. The number of carbonyl (C=O) groups is 1. The van der Waals surface area contributed by atoms with Gasteiger partial charge in [0.15, 0.2) is 6.04 Å². The van der Waals surface area contributed by atoms with Gasteiger partial charge in [-0.05, 0) is 0 Å². The van der Waals surface area contributed by atoms with Gasteiger partial charge < -0.3 is 0 Å². The van der Waals surface area contributed by atoms with Crippen molar-refractivity contribution >= 4 is 17.4 Å². The molecule has 0 aromatic rings. The van der Waals surface area contributed by atoms with Crippen LogP contribution in [0.25, 0.3) is 0 Å². The van der Waals surface area contributed by atoms with E-state index in [1.807, 2.05) is 6.20 Å². The summed E-state index contributed by atoms with van der Waals surface area (Å²) in [6.45, 7) is 0. The van der Waals surface area contributed by atoms with Crippen molar-refractivity contribution in [1.82, 2.24) is 5.32 Å². The molecule has 1 unspecified atom stereocenters. The van der Waals surface area contributed by atoms with Crippen molar-refractivity contribution < 1.29 is 13.6 Å². The highest BCUT2D eigenvalue weighted by atomic mass is 35.5. The average Bonchev–Trinajstić information content (AvgIpc) is 2.14. The van der Waals surface area contributed by atoms with Gasteiger partial charge in [0.25, 0.3) is 6.43 Å². The number of ketones is 1. The molecule has 0 spiro atoms. The predicted octanol–water partition coefficient (Wildman–Crippen LogP) is 0.691. The molecule has 1 aliphatic rings. The van der Waals surface area contributed by atoms with E-state index in [0.717, 1.165) is 0 Å². The lowest BCUT2D eigenvalue weighted by Crippen LogP contribution is -2.30. The molecule has 0 aliphatic carbocycles. The molecule has 0 amide bonds. The smallest absolute Gasteiger partial charge is 0.268 e. The topological polar surface area (TPSA) is 31.2 Å². The zero-order valence-electron chi connectivity index (χ0n) is 4.64. The molecule has 0 aromatic heterocycles. The first-order valence-electron chi connectivity index (χ1n) is 2.43. The zero-order chi connectivity index (χ0) is 7.72. The summed E-state index contributed by atoms with van der Waals surface area (Å²) >= 11 is 5.13. The summed E-state index contributed by atoms with van der Waals surface area (Å²) in [4.78, 5) is 10.5. The Morgan fingerprint density at radius 1 is 1.70 bits per heavy atom. The van der Waals surface area contributed by atoms with E-state index in [4.69, 9.17) is 11.6 Å². The lowest BCUT2D eigenvalue weighted by atomic mass is 10.2. The maximum atomic E-state index is 11.7. The molecule has 54 valence electrons. The highest BCUT2D eigenvalue weighted by molar-refractivity contribution is 6.43. The number of nitrogens with zero attached hydrogens (tertiary/aromatic N) is 1. The van der Waals surface area contributed by atoms with E-state index in [1.54, 1.807) is 0 Å². The lowest BCUT2D eigenvalue weighted by Gasteiger charge is -2.03. The van der Waals surface area contributed by atoms with E-state index in [2.05, 4.69) is 5.32 Å². The lowest BCUT2D eigenvalue weighted by molar-refractivity contribution is -0.119. The van der Waals surface area contributed by atoms with Crippen LogP contribution in [0.3, 0.4) is 0 Å². The normalized spacial score (nSPS) is 25.0. The molecule has 1 rings (SSSR count). The molecular formula is C5H2ClF2NO. The first kappa shape index (κ1) is 7.47. The molecule has 0 aromatic carbocycles. The summed E-state index contributed by atoms with van der Waals surface area (Å²) in [5.41, 5.74) is 0. The van der Waals surface area contributed by atoms with E-state index < -0.39 is 18.3 Å². The van der Waals surface area contributed by atoms with Gasteiger partial charge in [-0.1, -0.05) is 11.6 Å². The summed E-state index contributed by atoms with van der Waals surface area (Å²) in [7, 11) is 0. The van der Waals surface area contributed by atoms with Crippen LogP contribution in [-0.4, -0.2) is 18.3 Å². The van der Waals surface area contributed by atoms with Crippen molar-refractivity contribution in [2.75, 3.05) is 0 Å². The first-order valence-corrected chi connectivity index (χ1v) is 2.81. The van der Waals surface area contributed by atoms with Crippen LogP contribution >= 0.6 is 11.6 Å². The molecule has 1 aliphatic heterocycles. The van der Waals surface area contributed by atoms with Crippen LogP contribution in [0.15, 0.2) is 5.03 Å². The van der Waals surface area contributed by atoms with Crippen LogP contribution in [0.1, 0.15) is 0 Å². The average molecular weight is 166 g/mol. The van der Waals surface area contributed by atoms with E-state index in [-0.39, 0.29) is 5.03 Å². The molecule has 1 atom stereocenters. The first-order chi connectivity index (χ1) is 4.63. The van der Waals surface area contributed by atoms with Crippen LogP contribution in [0.4, 0.5) is 8.78 Å². The minimum absolute atomic E-state index is 0.342.